The average Bonchev–Trinajstić information content (AvgIpc) is 3.07. The number of aliphatic hydroxyl groups is 2. The molecule has 1 aliphatic heterocycles. The number of halogens is 1. The van der Waals surface area contributed by atoms with Crippen LogP contribution >= 0.6 is 11.3 Å². The highest BCUT2D eigenvalue weighted by Crippen LogP contribution is 2.37. The molecule has 3 aromatic rings. The minimum absolute atomic E-state index is 0.242. The lowest BCUT2D eigenvalue weighted by atomic mass is 9.84. The second-order valence-corrected chi connectivity index (χ2v) is 8.55. The van der Waals surface area contributed by atoms with Crippen LogP contribution in [-0.2, 0) is 11.2 Å². The lowest BCUT2D eigenvalue weighted by Gasteiger charge is -2.40. The van der Waals surface area contributed by atoms with Gasteiger partial charge in [0.2, 0.25) is 0 Å². The molecule has 0 radical (unpaired) electrons. The summed E-state index contributed by atoms with van der Waals surface area (Å²) in [7, 11) is 0. The number of fused-ring (bicyclic) bond motifs is 1. The number of hydrogen-bond donors (Lipinski definition) is 2. The molecule has 1 fully saturated rings. The molecular weight excluding hydrogens is 363 g/mol. The molecule has 0 aliphatic carbocycles. The monoisotopic (exact) mass is 386 g/mol. The fourth-order valence-electron chi connectivity index (χ4n) is 3.80. The van der Waals surface area contributed by atoms with Gasteiger partial charge in [0.1, 0.15) is 11.9 Å². The van der Waals surface area contributed by atoms with Crippen LogP contribution in [0.15, 0.2) is 48.5 Å². The second kappa shape index (κ2) is 7.32. The first kappa shape index (κ1) is 18.6. The van der Waals surface area contributed by atoms with E-state index >= 15 is 0 Å². The molecule has 2 heterocycles. The maximum absolute atomic E-state index is 14.5. The molecule has 0 bridgehead atoms. The number of hydrogen-bond acceptors (Lipinski definition) is 4. The minimum atomic E-state index is -0.908. The summed E-state index contributed by atoms with van der Waals surface area (Å²) in [6.07, 6.45) is -2.11. The van der Waals surface area contributed by atoms with Crippen molar-refractivity contribution in [3.05, 3.63) is 70.4 Å². The molecule has 5 unspecified atom stereocenters. The Balaban J connectivity index is 1.63. The summed E-state index contributed by atoms with van der Waals surface area (Å²) < 4.78 is 21.6. The summed E-state index contributed by atoms with van der Waals surface area (Å²) in [5.74, 6) is -0.521. The van der Waals surface area contributed by atoms with Crippen molar-refractivity contribution < 1.29 is 19.3 Å². The Hall–Kier alpha value is -1.79. The van der Waals surface area contributed by atoms with Crippen LogP contribution < -0.4 is 0 Å². The lowest BCUT2D eigenvalue weighted by Crippen LogP contribution is -2.49. The topological polar surface area (TPSA) is 49.7 Å². The van der Waals surface area contributed by atoms with Gasteiger partial charge in [-0.2, -0.15) is 0 Å². The average molecular weight is 386 g/mol. The fourth-order valence-corrected chi connectivity index (χ4v) is 4.89. The van der Waals surface area contributed by atoms with E-state index in [4.69, 9.17) is 4.74 Å². The van der Waals surface area contributed by atoms with Gasteiger partial charge in [-0.1, -0.05) is 31.2 Å². The Morgan fingerprint density at radius 3 is 2.59 bits per heavy atom. The number of aliphatic hydroxyl groups excluding tert-OH is 2. The number of rotatable bonds is 3. The Labute approximate surface area is 162 Å². The van der Waals surface area contributed by atoms with E-state index in [1.54, 1.807) is 24.3 Å². The largest absolute Gasteiger partial charge is 0.390 e. The molecule has 1 aromatic heterocycles. The van der Waals surface area contributed by atoms with Crippen LogP contribution in [0.25, 0.3) is 10.1 Å². The van der Waals surface area contributed by atoms with Crippen molar-refractivity contribution in [2.45, 2.75) is 44.7 Å². The van der Waals surface area contributed by atoms with Crippen LogP contribution in [0.3, 0.4) is 0 Å². The summed E-state index contributed by atoms with van der Waals surface area (Å²) in [6, 6.07) is 15.3. The van der Waals surface area contributed by atoms with Crippen molar-refractivity contribution in [2.24, 2.45) is 5.92 Å². The van der Waals surface area contributed by atoms with Crippen molar-refractivity contribution >= 4 is 21.4 Å². The van der Waals surface area contributed by atoms with E-state index in [1.807, 2.05) is 25.1 Å². The molecular formula is C22H23FO3S. The molecule has 5 atom stereocenters. The first-order chi connectivity index (χ1) is 12.9. The summed E-state index contributed by atoms with van der Waals surface area (Å²) in [6.45, 7) is 3.59. The third-order valence-electron chi connectivity index (χ3n) is 5.45. The predicted molar refractivity (Wildman–Crippen MR) is 105 cm³/mol. The first-order valence-electron chi connectivity index (χ1n) is 9.21. The van der Waals surface area contributed by atoms with Crippen LogP contribution in [0, 0.1) is 11.7 Å². The number of thiophene rings is 1. The van der Waals surface area contributed by atoms with Crippen molar-refractivity contribution in [3.8, 4) is 0 Å². The van der Waals surface area contributed by atoms with Gasteiger partial charge < -0.3 is 14.9 Å². The quantitative estimate of drug-likeness (QED) is 0.699. The SMILES string of the molecule is CC1OC(c2ccc(F)c(Cc3cc4ccccc4s3)c2)C(C)C(O)C1O. The number of ether oxygens (including phenoxy) is 1. The molecule has 27 heavy (non-hydrogen) atoms. The highest BCUT2D eigenvalue weighted by atomic mass is 32.1. The maximum Gasteiger partial charge on any atom is 0.126 e. The second-order valence-electron chi connectivity index (χ2n) is 7.38. The molecule has 142 valence electrons. The highest BCUT2D eigenvalue weighted by molar-refractivity contribution is 7.19. The summed E-state index contributed by atoms with van der Waals surface area (Å²) in [5.41, 5.74) is 1.45. The van der Waals surface area contributed by atoms with Crippen LogP contribution in [0.1, 0.15) is 36.0 Å². The van der Waals surface area contributed by atoms with Gasteiger partial charge in [0, 0.05) is 21.9 Å². The van der Waals surface area contributed by atoms with Gasteiger partial charge >= 0.3 is 0 Å². The summed E-state index contributed by atoms with van der Waals surface area (Å²) in [4.78, 5) is 1.11. The zero-order valence-electron chi connectivity index (χ0n) is 15.3. The van der Waals surface area contributed by atoms with Gasteiger partial charge in [0.15, 0.2) is 0 Å². The Morgan fingerprint density at radius 2 is 1.81 bits per heavy atom. The van der Waals surface area contributed by atoms with Gasteiger partial charge in [0.25, 0.3) is 0 Å². The molecule has 2 N–H and O–H groups in total. The zero-order valence-corrected chi connectivity index (χ0v) is 16.1. The number of benzene rings is 2. The van der Waals surface area contributed by atoms with Gasteiger partial charge in [-0.05, 0) is 47.7 Å². The van der Waals surface area contributed by atoms with Gasteiger partial charge in [-0.15, -0.1) is 11.3 Å². The molecule has 4 rings (SSSR count). The van der Waals surface area contributed by atoms with Crippen molar-refractivity contribution in [3.63, 3.8) is 0 Å². The van der Waals surface area contributed by atoms with E-state index in [9.17, 15) is 14.6 Å². The van der Waals surface area contributed by atoms with Crippen LogP contribution in [0.4, 0.5) is 4.39 Å². The molecule has 1 aliphatic rings. The van der Waals surface area contributed by atoms with Gasteiger partial charge in [0.05, 0.1) is 18.3 Å². The molecule has 1 saturated heterocycles. The van der Waals surface area contributed by atoms with Crippen LogP contribution in [0.2, 0.25) is 0 Å². The van der Waals surface area contributed by atoms with Crippen molar-refractivity contribution in [1.29, 1.82) is 0 Å². The molecule has 3 nitrogen and oxygen atoms in total. The Bertz CT molecular complexity index is 921. The van der Waals surface area contributed by atoms with E-state index in [0.29, 0.717) is 12.0 Å². The zero-order chi connectivity index (χ0) is 19.1. The Kier molecular flexibility index (Phi) is 5.03. The molecule has 0 amide bonds. The minimum Gasteiger partial charge on any atom is -0.390 e. The van der Waals surface area contributed by atoms with Gasteiger partial charge in [-0.3, -0.25) is 0 Å². The van der Waals surface area contributed by atoms with Crippen LogP contribution in [-0.4, -0.2) is 28.5 Å². The van der Waals surface area contributed by atoms with Gasteiger partial charge in [-0.25, -0.2) is 4.39 Å². The standard InChI is InChI=1S/C22H23FO3S/c1-12-20(24)21(25)13(2)26-22(12)15-7-8-18(23)16(9-15)11-17-10-14-5-3-4-6-19(14)27-17/h3-10,12-13,20-22,24-25H,11H2,1-2H3. The fraction of sp³-hybridized carbons (Fsp3) is 0.364. The molecule has 0 spiro atoms. The first-order valence-corrected chi connectivity index (χ1v) is 10.0. The van der Waals surface area contributed by atoms with Crippen molar-refractivity contribution in [2.75, 3.05) is 0 Å². The van der Waals surface area contributed by atoms with E-state index in [-0.39, 0.29) is 17.8 Å². The van der Waals surface area contributed by atoms with Crippen LogP contribution in [0.5, 0.6) is 0 Å². The molecule has 2 aromatic carbocycles. The van der Waals surface area contributed by atoms with Crippen molar-refractivity contribution in [1.82, 2.24) is 0 Å². The smallest absolute Gasteiger partial charge is 0.126 e. The van der Waals surface area contributed by atoms with E-state index < -0.39 is 18.3 Å². The van der Waals surface area contributed by atoms with E-state index in [0.717, 1.165) is 10.4 Å². The summed E-state index contributed by atoms with van der Waals surface area (Å²) in [5, 5.41) is 21.5. The van der Waals surface area contributed by atoms with E-state index in [1.165, 1.54) is 16.2 Å². The lowest BCUT2D eigenvalue weighted by molar-refractivity contribution is -0.192. The third kappa shape index (κ3) is 3.52. The predicted octanol–water partition coefficient (Wildman–Crippen LogP) is 4.45. The van der Waals surface area contributed by atoms with E-state index in [2.05, 4.69) is 18.2 Å². The Morgan fingerprint density at radius 1 is 1.04 bits per heavy atom. The normalized spacial score (nSPS) is 28.6. The summed E-state index contributed by atoms with van der Waals surface area (Å²) >= 11 is 1.67. The highest BCUT2D eigenvalue weighted by Gasteiger charge is 2.40. The molecule has 5 heteroatoms. The maximum atomic E-state index is 14.5. The third-order valence-corrected chi connectivity index (χ3v) is 6.56. The molecule has 0 saturated carbocycles.